The summed E-state index contributed by atoms with van der Waals surface area (Å²) in [5.74, 6) is 0.0280. The van der Waals surface area contributed by atoms with Gasteiger partial charge in [-0.05, 0) is 54.4 Å². The lowest BCUT2D eigenvalue weighted by atomic mass is 9.99. The Morgan fingerprint density at radius 1 is 1.10 bits per heavy atom. The number of hydrogen-bond donors (Lipinski definition) is 3. The zero-order chi connectivity index (χ0) is 20.5. The van der Waals surface area contributed by atoms with Gasteiger partial charge in [0.25, 0.3) is 5.91 Å². The van der Waals surface area contributed by atoms with Crippen molar-refractivity contribution >= 4 is 33.4 Å². The Kier molecular flexibility index (Phi) is 4.40. The molecule has 0 saturated heterocycles. The van der Waals surface area contributed by atoms with E-state index in [-0.39, 0.29) is 5.91 Å². The molecule has 148 valence electrons. The minimum atomic E-state index is -0.286. The van der Waals surface area contributed by atoms with Crippen LogP contribution in [-0.4, -0.2) is 32.7 Å². The van der Waals surface area contributed by atoms with Crippen LogP contribution in [-0.2, 0) is 0 Å². The lowest BCUT2D eigenvalue weighted by molar-refractivity contribution is 0.102. The summed E-state index contributed by atoms with van der Waals surface area (Å²) in [5, 5.41) is 12.1. The lowest BCUT2D eigenvalue weighted by Gasteiger charge is -2.12. The number of anilines is 1. The molecule has 0 unspecified atom stereocenters. The Morgan fingerprint density at radius 3 is 2.93 bits per heavy atom. The van der Waals surface area contributed by atoms with Crippen molar-refractivity contribution in [3.8, 4) is 17.0 Å². The number of ether oxygens (including phenoxy) is 1. The normalized spacial score (nSPS) is 11.1. The number of hydrogen-bond acceptors (Lipinski definition) is 4. The molecule has 0 aliphatic heterocycles. The van der Waals surface area contributed by atoms with Crippen LogP contribution >= 0.6 is 0 Å². The van der Waals surface area contributed by atoms with E-state index in [1.807, 2.05) is 43.5 Å². The van der Waals surface area contributed by atoms with E-state index in [2.05, 4.69) is 31.5 Å². The maximum atomic E-state index is 13.0. The fourth-order valence-electron chi connectivity index (χ4n) is 3.65. The van der Waals surface area contributed by atoms with E-state index in [0.29, 0.717) is 23.7 Å². The predicted octanol–water partition coefficient (Wildman–Crippen LogP) is 4.76. The van der Waals surface area contributed by atoms with Crippen molar-refractivity contribution in [2.75, 3.05) is 11.9 Å². The van der Waals surface area contributed by atoms with Gasteiger partial charge >= 0.3 is 0 Å². The molecule has 0 spiro atoms. The third kappa shape index (κ3) is 3.06. The third-order valence-corrected chi connectivity index (χ3v) is 5.01. The minimum Gasteiger partial charge on any atom is -0.477 e. The highest BCUT2D eigenvalue weighted by atomic mass is 16.5. The monoisotopic (exact) mass is 397 g/mol. The van der Waals surface area contributed by atoms with Gasteiger partial charge in [0.15, 0.2) is 0 Å². The van der Waals surface area contributed by atoms with Crippen LogP contribution in [0.25, 0.3) is 32.9 Å². The van der Waals surface area contributed by atoms with E-state index < -0.39 is 0 Å². The van der Waals surface area contributed by atoms with Gasteiger partial charge in [0.1, 0.15) is 5.56 Å². The molecule has 2 aromatic carbocycles. The number of fused-ring (bicyclic) bond motifs is 2. The number of benzene rings is 2. The molecule has 0 fully saturated rings. The number of carbonyl (C=O) groups excluding carboxylic acids is 1. The first-order chi connectivity index (χ1) is 14.7. The number of pyridine rings is 1. The van der Waals surface area contributed by atoms with E-state index in [1.54, 1.807) is 24.5 Å². The second kappa shape index (κ2) is 7.36. The van der Waals surface area contributed by atoms with Crippen molar-refractivity contribution < 1.29 is 9.53 Å². The highest BCUT2D eigenvalue weighted by Crippen LogP contribution is 2.34. The van der Waals surface area contributed by atoms with Crippen molar-refractivity contribution in [3.63, 3.8) is 0 Å². The summed E-state index contributed by atoms with van der Waals surface area (Å²) in [6, 6.07) is 15.6. The van der Waals surface area contributed by atoms with Gasteiger partial charge < -0.3 is 15.0 Å². The molecule has 0 aliphatic rings. The van der Waals surface area contributed by atoms with Crippen molar-refractivity contribution in [3.05, 3.63) is 72.7 Å². The molecule has 3 aromatic heterocycles. The van der Waals surface area contributed by atoms with Gasteiger partial charge in [-0.15, -0.1) is 0 Å². The average Bonchev–Trinajstić information content (AvgIpc) is 3.43. The molecule has 3 N–H and O–H groups in total. The molecule has 0 radical (unpaired) electrons. The number of H-pyrrole nitrogens is 2. The summed E-state index contributed by atoms with van der Waals surface area (Å²) in [4.78, 5) is 20.4. The maximum absolute atomic E-state index is 13.0. The number of carbonyl (C=O) groups is 1. The summed E-state index contributed by atoms with van der Waals surface area (Å²) in [6.45, 7) is 2.29. The molecule has 1 amide bonds. The summed E-state index contributed by atoms with van der Waals surface area (Å²) >= 11 is 0. The molecular weight excluding hydrogens is 378 g/mol. The molecule has 0 atom stereocenters. The average molecular weight is 397 g/mol. The summed E-state index contributed by atoms with van der Waals surface area (Å²) in [6.07, 6.45) is 5.23. The Bertz CT molecular complexity index is 1370. The molecule has 5 rings (SSSR count). The molecule has 7 heteroatoms. The summed E-state index contributed by atoms with van der Waals surface area (Å²) < 4.78 is 5.51. The minimum absolute atomic E-state index is 0.286. The summed E-state index contributed by atoms with van der Waals surface area (Å²) in [5.41, 5.74) is 4.99. The molecule has 7 nitrogen and oxygen atoms in total. The van der Waals surface area contributed by atoms with E-state index in [0.717, 1.165) is 32.9 Å². The van der Waals surface area contributed by atoms with Crippen LogP contribution < -0.4 is 10.1 Å². The zero-order valence-electron chi connectivity index (χ0n) is 16.3. The van der Waals surface area contributed by atoms with Crippen LogP contribution in [0.15, 0.2) is 67.1 Å². The number of nitrogens with one attached hydrogen (secondary N) is 3. The second-order valence-electron chi connectivity index (χ2n) is 6.84. The van der Waals surface area contributed by atoms with Crippen molar-refractivity contribution in [2.24, 2.45) is 0 Å². The lowest BCUT2D eigenvalue weighted by Crippen LogP contribution is -2.14. The Hall–Kier alpha value is -4.13. The standard InChI is InChI=1S/C23H19N5O2/c1-2-30-23-17(6-4-9-25-23)22(29)27-20-11-14(12-21-18(20)13-26-28-21)15-5-3-7-19-16(15)8-10-24-19/h3-13,24H,2H2,1H3,(H,26,28)(H,27,29). The predicted molar refractivity (Wildman–Crippen MR) is 117 cm³/mol. The number of aromatic amines is 2. The van der Waals surface area contributed by atoms with Crippen LogP contribution in [0.1, 0.15) is 17.3 Å². The second-order valence-corrected chi connectivity index (χ2v) is 6.84. The smallest absolute Gasteiger partial charge is 0.261 e. The molecule has 0 aliphatic carbocycles. The van der Waals surface area contributed by atoms with Gasteiger partial charge in [-0.2, -0.15) is 5.10 Å². The van der Waals surface area contributed by atoms with Gasteiger partial charge in [-0.25, -0.2) is 4.98 Å². The van der Waals surface area contributed by atoms with Gasteiger partial charge in [-0.3, -0.25) is 9.89 Å². The first-order valence-corrected chi connectivity index (χ1v) is 9.67. The Morgan fingerprint density at radius 2 is 2.03 bits per heavy atom. The van der Waals surface area contributed by atoms with E-state index >= 15 is 0 Å². The first kappa shape index (κ1) is 17.9. The highest BCUT2D eigenvalue weighted by Gasteiger charge is 2.17. The molecule has 30 heavy (non-hydrogen) atoms. The number of amides is 1. The van der Waals surface area contributed by atoms with Crippen molar-refractivity contribution in [1.29, 1.82) is 0 Å². The van der Waals surface area contributed by atoms with E-state index in [1.165, 1.54) is 0 Å². The highest BCUT2D eigenvalue weighted by molar-refractivity contribution is 6.11. The van der Waals surface area contributed by atoms with Gasteiger partial charge in [-0.1, -0.05) is 12.1 Å². The molecule has 0 bridgehead atoms. The maximum Gasteiger partial charge on any atom is 0.261 e. The van der Waals surface area contributed by atoms with Gasteiger partial charge in [0, 0.05) is 28.7 Å². The van der Waals surface area contributed by atoms with E-state index in [4.69, 9.17) is 4.74 Å². The van der Waals surface area contributed by atoms with E-state index in [9.17, 15) is 4.79 Å². The van der Waals surface area contributed by atoms with Gasteiger partial charge in [0.2, 0.25) is 5.88 Å². The Balaban J connectivity index is 1.59. The molecule has 5 aromatic rings. The van der Waals surface area contributed by atoms with Crippen LogP contribution in [0.5, 0.6) is 5.88 Å². The quantitative estimate of drug-likeness (QED) is 0.398. The number of aromatic nitrogens is 4. The number of rotatable bonds is 5. The topological polar surface area (TPSA) is 95.7 Å². The van der Waals surface area contributed by atoms with Crippen LogP contribution in [0.3, 0.4) is 0 Å². The fourth-order valence-corrected chi connectivity index (χ4v) is 3.65. The molecule has 3 heterocycles. The first-order valence-electron chi connectivity index (χ1n) is 9.67. The summed E-state index contributed by atoms with van der Waals surface area (Å²) in [7, 11) is 0. The zero-order valence-corrected chi connectivity index (χ0v) is 16.3. The Labute approximate surface area is 172 Å². The number of nitrogens with zero attached hydrogens (tertiary/aromatic N) is 2. The van der Waals surface area contributed by atoms with Crippen molar-refractivity contribution in [2.45, 2.75) is 6.92 Å². The third-order valence-electron chi connectivity index (χ3n) is 5.01. The van der Waals surface area contributed by atoms with Crippen molar-refractivity contribution in [1.82, 2.24) is 20.2 Å². The van der Waals surface area contributed by atoms with Crippen LogP contribution in [0, 0.1) is 0 Å². The molecule has 0 saturated carbocycles. The SMILES string of the molecule is CCOc1ncccc1C(=O)Nc1cc(-c2cccc3[nH]ccc23)cc2[nH]ncc12. The van der Waals surface area contributed by atoms with Crippen LogP contribution in [0.4, 0.5) is 5.69 Å². The van der Waals surface area contributed by atoms with Gasteiger partial charge in [0.05, 0.1) is 24.0 Å². The van der Waals surface area contributed by atoms with Crippen LogP contribution in [0.2, 0.25) is 0 Å². The largest absolute Gasteiger partial charge is 0.477 e. The fraction of sp³-hybridized carbons (Fsp3) is 0.0870. The molecular formula is C23H19N5O2.